The third kappa shape index (κ3) is 38.7. The van der Waals surface area contributed by atoms with E-state index in [1.165, 1.54) is 154 Å². The molecule has 0 saturated heterocycles. The van der Waals surface area contributed by atoms with Crippen LogP contribution in [0, 0.1) is 5.92 Å². The summed E-state index contributed by atoms with van der Waals surface area (Å²) in [5, 5.41) is 0. The third-order valence-corrected chi connectivity index (χ3v) is 9.11. The fourth-order valence-corrected chi connectivity index (χ4v) is 5.92. The molecule has 0 N–H and O–H groups in total. The normalized spacial score (nSPS) is 12.6. The largest absolute Gasteiger partial charge is 0.460 e. The summed E-state index contributed by atoms with van der Waals surface area (Å²) < 4.78 is 6.47. The van der Waals surface area contributed by atoms with E-state index in [1.54, 1.807) is 0 Å². The van der Waals surface area contributed by atoms with Gasteiger partial charge in [-0.1, -0.05) is 152 Å². The Hall–Kier alpha value is -1.61. The Morgan fingerprint density at radius 1 is 0.511 bits per heavy atom. The van der Waals surface area contributed by atoms with Crippen LogP contribution in [-0.2, 0) is 9.53 Å². The Labute approximate surface area is 295 Å². The van der Waals surface area contributed by atoms with Crippen LogP contribution in [0.3, 0.4) is 0 Å². The number of likely N-dealkylation sites (N-methyl/N-ethyl adjacent to an activating group) is 1. The first-order valence-corrected chi connectivity index (χ1v) is 20.4. The summed E-state index contributed by atoms with van der Waals surface area (Å²) in [6, 6.07) is 0. The van der Waals surface area contributed by atoms with Gasteiger partial charge in [-0.05, 0) is 83.0 Å². The van der Waals surface area contributed by atoms with Crippen LogP contribution in [0.2, 0.25) is 0 Å². The van der Waals surface area contributed by atoms with E-state index in [1.807, 2.05) is 0 Å². The smallest absolute Gasteiger partial charge is 0.306 e. The van der Waals surface area contributed by atoms with Gasteiger partial charge in [0.15, 0.2) is 0 Å². The van der Waals surface area contributed by atoms with Crippen molar-refractivity contribution in [2.24, 2.45) is 5.92 Å². The highest BCUT2D eigenvalue weighted by Gasteiger charge is 2.16. The van der Waals surface area contributed by atoms with Gasteiger partial charge in [0.1, 0.15) is 13.2 Å². The zero-order valence-corrected chi connectivity index (χ0v) is 32.5. The summed E-state index contributed by atoms with van der Waals surface area (Å²) in [5.41, 5.74) is 0. The van der Waals surface area contributed by atoms with Crippen LogP contribution >= 0.6 is 0 Å². The van der Waals surface area contributed by atoms with Crippen molar-refractivity contribution in [2.45, 2.75) is 187 Å². The Bertz CT molecular complexity index is 724. The zero-order valence-electron chi connectivity index (χ0n) is 32.5. The summed E-state index contributed by atoms with van der Waals surface area (Å²) in [4.78, 5) is 12.6. The molecule has 274 valence electrons. The average Bonchev–Trinajstić information content (AvgIpc) is 3.03. The summed E-state index contributed by atoms with van der Waals surface area (Å²) >= 11 is 0. The molecule has 3 heteroatoms. The maximum absolute atomic E-state index is 12.6. The molecule has 0 radical (unpaired) electrons. The van der Waals surface area contributed by atoms with Crippen LogP contribution in [0.25, 0.3) is 0 Å². The molecule has 0 fully saturated rings. The highest BCUT2D eigenvalue weighted by Crippen LogP contribution is 2.23. The van der Waals surface area contributed by atoms with Crippen molar-refractivity contribution in [1.29, 1.82) is 0 Å². The molecule has 0 aromatic heterocycles. The van der Waals surface area contributed by atoms with Crippen molar-refractivity contribution in [3.63, 3.8) is 0 Å². The maximum atomic E-state index is 12.6. The van der Waals surface area contributed by atoms with Crippen molar-refractivity contribution in [2.75, 3.05) is 34.3 Å². The first kappa shape index (κ1) is 45.4. The fourth-order valence-electron chi connectivity index (χ4n) is 5.92. The van der Waals surface area contributed by atoms with Gasteiger partial charge in [0.2, 0.25) is 0 Å². The van der Waals surface area contributed by atoms with Gasteiger partial charge < -0.3 is 9.22 Å². The van der Waals surface area contributed by atoms with Crippen LogP contribution in [-0.4, -0.2) is 44.7 Å². The molecular weight excluding hydrogens is 574 g/mol. The molecular formula is C44H82NO2+. The Morgan fingerprint density at radius 2 is 0.872 bits per heavy atom. The van der Waals surface area contributed by atoms with E-state index >= 15 is 0 Å². The summed E-state index contributed by atoms with van der Waals surface area (Å²) in [5.74, 6) is 0.506. The number of esters is 1. The van der Waals surface area contributed by atoms with Gasteiger partial charge in [0, 0.05) is 6.42 Å². The molecule has 0 amide bonds. The topological polar surface area (TPSA) is 26.3 Å². The Morgan fingerprint density at radius 3 is 1.26 bits per heavy atom. The molecule has 0 heterocycles. The third-order valence-electron chi connectivity index (χ3n) is 9.11. The molecule has 47 heavy (non-hydrogen) atoms. The molecule has 0 aliphatic carbocycles. The number of hydrogen-bond acceptors (Lipinski definition) is 2. The van der Waals surface area contributed by atoms with E-state index in [4.69, 9.17) is 4.74 Å². The molecule has 0 aliphatic rings. The second-order valence-electron chi connectivity index (χ2n) is 15.1. The number of unbranched alkanes of at least 4 members (excludes halogenated alkanes) is 18. The minimum absolute atomic E-state index is 0.0172. The lowest BCUT2D eigenvalue weighted by Gasteiger charge is -2.23. The number of allylic oxidation sites excluding steroid dienone is 8. The molecule has 0 bridgehead atoms. The van der Waals surface area contributed by atoms with Crippen molar-refractivity contribution < 1.29 is 14.0 Å². The highest BCUT2D eigenvalue weighted by atomic mass is 16.5. The first-order chi connectivity index (χ1) is 22.9. The molecule has 0 aromatic rings. The lowest BCUT2D eigenvalue weighted by Crippen LogP contribution is -2.38. The molecule has 0 aliphatic heterocycles. The number of quaternary nitrogens is 1. The van der Waals surface area contributed by atoms with Crippen LogP contribution in [0.5, 0.6) is 0 Å². The maximum Gasteiger partial charge on any atom is 0.306 e. The van der Waals surface area contributed by atoms with Gasteiger partial charge in [-0.15, -0.1) is 0 Å². The fraction of sp³-hybridized carbons (Fsp3) is 0.795. The number of nitrogens with zero attached hydrogens (tertiary/aromatic N) is 1. The van der Waals surface area contributed by atoms with E-state index in [0.717, 1.165) is 23.9 Å². The number of rotatable bonds is 35. The highest BCUT2D eigenvalue weighted by molar-refractivity contribution is 5.69. The number of hydrogen-bond donors (Lipinski definition) is 0. The number of ether oxygens (including phenoxy) is 1. The van der Waals surface area contributed by atoms with Crippen molar-refractivity contribution >= 4 is 5.97 Å². The van der Waals surface area contributed by atoms with Gasteiger partial charge in [0.25, 0.3) is 0 Å². The van der Waals surface area contributed by atoms with E-state index in [9.17, 15) is 4.79 Å². The molecule has 0 unspecified atom stereocenters. The van der Waals surface area contributed by atoms with E-state index in [0.29, 0.717) is 18.9 Å². The second-order valence-corrected chi connectivity index (χ2v) is 15.1. The van der Waals surface area contributed by atoms with E-state index in [-0.39, 0.29) is 5.97 Å². The molecule has 0 rings (SSSR count). The SMILES string of the molecule is CCCCC/C=C\C/C=C\CCCCCCCCC(CCCCCCCC/C=C\C/C=C\CCCCC)CC(=O)OCC[N+](C)(C)C. The van der Waals surface area contributed by atoms with E-state index in [2.05, 4.69) is 83.6 Å². The van der Waals surface area contributed by atoms with Crippen molar-refractivity contribution in [1.82, 2.24) is 0 Å². The molecule has 0 aromatic carbocycles. The van der Waals surface area contributed by atoms with Gasteiger partial charge >= 0.3 is 5.97 Å². The quantitative estimate of drug-likeness (QED) is 0.0294. The molecule has 0 saturated carbocycles. The van der Waals surface area contributed by atoms with Crippen LogP contribution < -0.4 is 0 Å². The molecule has 0 atom stereocenters. The van der Waals surface area contributed by atoms with Gasteiger partial charge in [-0.2, -0.15) is 0 Å². The summed E-state index contributed by atoms with van der Waals surface area (Å²) in [6.45, 7) is 5.93. The lowest BCUT2D eigenvalue weighted by atomic mass is 9.91. The van der Waals surface area contributed by atoms with Crippen molar-refractivity contribution in [3.05, 3.63) is 48.6 Å². The summed E-state index contributed by atoms with van der Waals surface area (Å²) in [7, 11) is 6.44. The molecule has 0 spiro atoms. The Kier molecular flexibility index (Phi) is 34.5. The monoisotopic (exact) mass is 657 g/mol. The number of carbonyl (C=O) groups excluding carboxylic acids is 1. The van der Waals surface area contributed by atoms with Crippen LogP contribution in [0.15, 0.2) is 48.6 Å². The molecule has 3 nitrogen and oxygen atoms in total. The minimum atomic E-state index is 0.0172. The lowest BCUT2D eigenvalue weighted by molar-refractivity contribution is -0.870. The van der Waals surface area contributed by atoms with E-state index < -0.39 is 0 Å². The van der Waals surface area contributed by atoms with Gasteiger partial charge in [-0.25, -0.2) is 0 Å². The Balaban J connectivity index is 4.09. The zero-order chi connectivity index (χ0) is 34.5. The van der Waals surface area contributed by atoms with Gasteiger partial charge in [-0.3, -0.25) is 4.79 Å². The van der Waals surface area contributed by atoms with Crippen LogP contribution in [0.4, 0.5) is 0 Å². The average molecular weight is 657 g/mol. The van der Waals surface area contributed by atoms with Gasteiger partial charge in [0.05, 0.1) is 21.1 Å². The predicted molar refractivity (Wildman–Crippen MR) is 210 cm³/mol. The van der Waals surface area contributed by atoms with Crippen molar-refractivity contribution in [3.8, 4) is 0 Å². The number of carbonyl (C=O) groups is 1. The second kappa shape index (κ2) is 35.7. The predicted octanol–water partition coefficient (Wildman–Crippen LogP) is 13.6. The minimum Gasteiger partial charge on any atom is -0.460 e. The standard InChI is InChI=1S/C44H82NO2/c1-6-8-10-12-14-16-18-20-22-24-26-28-30-32-34-36-38-43(42-44(46)47-41-40-45(3,4)5)39-37-35-33-31-29-27-25-23-21-19-17-15-13-11-9-7-2/h14-17,20-23,43H,6-13,18-19,24-42H2,1-5H3/q+1/b16-14-,17-15-,22-20-,23-21-. The first-order valence-electron chi connectivity index (χ1n) is 20.4. The summed E-state index contributed by atoms with van der Waals surface area (Å²) in [6.07, 6.45) is 52.5. The van der Waals surface area contributed by atoms with Crippen LogP contribution in [0.1, 0.15) is 187 Å².